The molecule has 104 valence electrons. The molecule has 3 nitrogen and oxygen atoms in total. The molecular weight excluding hydrogens is 246 g/mol. The van der Waals surface area contributed by atoms with E-state index in [4.69, 9.17) is 0 Å². The summed E-state index contributed by atoms with van der Waals surface area (Å²) in [6, 6.07) is 15.2. The van der Waals surface area contributed by atoms with E-state index in [-0.39, 0.29) is 0 Å². The number of aromatic nitrogens is 1. The van der Waals surface area contributed by atoms with Crippen molar-refractivity contribution in [3.05, 3.63) is 54.2 Å². The van der Waals surface area contributed by atoms with Crippen LogP contribution in [0.5, 0.6) is 0 Å². The Hall–Kier alpha value is -1.87. The van der Waals surface area contributed by atoms with Crippen LogP contribution in [0.4, 0.5) is 11.5 Å². The molecule has 2 aromatic rings. The minimum Gasteiger partial charge on any atom is -0.329 e. The van der Waals surface area contributed by atoms with Gasteiger partial charge in [0, 0.05) is 30.5 Å². The summed E-state index contributed by atoms with van der Waals surface area (Å²) in [7, 11) is 4.30. The van der Waals surface area contributed by atoms with Crippen molar-refractivity contribution in [2.75, 3.05) is 25.5 Å². The number of hydrogen-bond donors (Lipinski definition) is 0. The van der Waals surface area contributed by atoms with Crippen LogP contribution >= 0.6 is 0 Å². The molecule has 0 saturated carbocycles. The molecule has 1 aliphatic heterocycles. The Morgan fingerprint density at radius 2 is 1.95 bits per heavy atom. The normalized spacial score (nSPS) is 19.2. The van der Waals surface area contributed by atoms with Crippen LogP contribution < -0.4 is 4.90 Å². The third kappa shape index (κ3) is 2.41. The van der Waals surface area contributed by atoms with Crippen LogP contribution in [0.15, 0.2) is 48.7 Å². The molecule has 20 heavy (non-hydrogen) atoms. The van der Waals surface area contributed by atoms with Crippen LogP contribution in [0.1, 0.15) is 24.4 Å². The lowest BCUT2D eigenvalue weighted by Gasteiger charge is -2.26. The Kier molecular flexibility index (Phi) is 3.70. The molecule has 0 radical (unpaired) electrons. The molecule has 1 aliphatic rings. The van der Waals surface area contributed by atoms with Gasteiger partial charge in [-0.2, -0.15) is 0 Å². The lowest BCUT2D eigenvalue weighted by atomic mass is 10.0. The summed E-state index contributed by atoms with van der Waals surface area (Å²) in [4.78, 5) is 9.25. The van der Waals surface area contributed by atoms with Crippen molar-refractivity contribution in [3.8, 4) is 0 Å². The summed E-state index contributed by atoms with van der Waals surface area (Å²) in [5, 5.41) is 0. The SMILES string of the molecule is CN(c1ccccc1)c1ncccc1C1CCCN1C. The molecule has 3 rings (SSSR count). The predicted octanol–water partition coefficient (Wildman–Crippen LogP) is 3.62. The van der Waals surface area contributed by atoms with E-state index in [9.17, 15) is 0 Å². The zero-order valence-electron chi connectivity index (χ0n) is 12.2. The maximum atomic E-state index is 4.63. The van der Waals surface area contributed by atoms with Crippen LogP contribution in [0.2, 0.25) is 0 Å². The summed E-state index contributed by atoms with van der Waals surface area (Å²) < 4.78 is 0. The second-order valence-electron chi connectivity index (χ2n) is 5.45. The van der Waals surface area contributed by atoms with E-state index in [1.54, 1.807) is 0 Å². The van der Waals surface area contributed by atoms with Crippen molar-refractivity contribution < 1.29 is 0 Å². The number of benzene rings is 1. The lowest BCUT2D eigenvalue weighted by molar-refractivity contribution is 0.317. The molecule has 0 bridgehead atoms. The topological polar surface area (TPSA) is 19.4 Å². The molecule has 1 fully saturated rings. The number of para-hydroxylation sites is 1. The second kappa shape index (κ2) is 5.63. The van der Waals surface area contributed by atoms with Crippen molar-refractivity contribution in [1.29, 1.82) is 0 Å². The highest BCUT2D eigenvalue weighted by atomic mass is 15.2. The molecule has 3 heteroatoms. The fourth-order valence-corrected chi connectivity index (χ4v) is 3.03. The first-order valence-corrected chi connectivity index (χ1v) is 7.21. The third-order valence-electron chi connectivity index (χ3n) is 4.16. The summed E-state index contributed by atoms with van der Waals surface area (Å²) >= 11 is 0. The van der Waals surface area contributed by atoms with Crippen LogP contribution in [-0.4, -0.2) is 30.5 Å². The molecule has 1 saturated heterocycles. The van der Waals surface area contributed by atoms with Gasteiger partial charge in [-0.1, -0.05) is 24.3 Å². The minimum absolute atomic E-state index is 0.491. The Labute approximate surface area is 120 Å². The number of anilines is 2. The van der Waals surface area contributed by atoms with Crippen LogP contribution in [0.3, 0.4) is 0 Å². The highest BCUT2D eigenvalue weighted by Crippen LogP contribution is 2.36. The van der Waals surface area contributed by atoms with Crippen molar-refractivity contribution >= 4 is 11.5 Å². The summed E-state index contributed by atoms with van der Waals surface area (Å²) in [5.41, 5.74) is 2.51. The third-order valence-corrected chi connectivity index (χ3v) is 4.16. The standard InChI is InChI=1S/C17H21N3/c1-19-13-7-11-16(19)15-10-6-12-18-17(15)20(2)14-8-4-3-5-9-14/h3-6,8-10,12,16H,7,11,13H2,1-2H3. The van der Waals surface area contributed by atoms with Gasteiger partial charge in [0.2, 0.25) is 0 Å². The van der Waals surface area contributed by atoms with Crippen LogP contribution in [0, 0.1) is 0 Å². The number of nitrogens with zero attached hydrogens (tertiary/aromatic N) is 3. The van der Waals surface area contributed by atoms with Gasteiger partial charge in [-0.3, -0.25) is 4.90 Å². The molecule has 0 aliphatic carbocycles. The zero-order chi connectivity index (χ0) is 13.9. The van der Waals surface area contributed by atoms with Gasteiger partial charge in [-0.25, -0.2) is 4.98 Å². The Morgan fingerprint density at radius 3 is 2.65 bits per heavy atom. The van der Waals surface area contributed by atoms with E-state index in [0.29, 0.717) is 6.04 Å². The van der Waals surface area contributed by atoms with Gasteiger partial charge in [-0.15, -0.1) is 0 Å². The fraction of sp³-hybridized carbons (Fsp3) is 0.353. The molecule has 1 aromatic heterocycles. The smallest absolute Gasteiger partial charge is 0.137 e. The zero-order valence-corrected chi connectivity index (χ0v) is 12.2. The van der Waals surface area contributed by atoms with Crippen molar-refractivity contribution in [2.45, 2.75) is 18.9 Å². The molecule has 1 aromatic carbocycles. The first kappa shape index (κ1) is 13.1. The average Bonchev–Trinajstić information content (AvgIpc) is 2.93. The van der Waals surface area contributed by atoms with Gasteiger partial charge in [0.25, 0.3) is 0 Å². The minimum atomic E-state index is 0.491. The monoisotopic (exact) mass is 267 g/mol. The van der Waals surface area contributed by atoms with E-state index in [1.807, 2.05) is 18.3 Å². The van der Waals surface area contributed by atoms with Crippen molar-refractivity contribution in [2.24, 2.45) is 0 Å². The van der Waals surface area contributed by atoms with Gasteiger partial charge in [0.15, 0.2) is 0 Å². The highest BCUT2D eigenvalue weighted by Gasteiger charge is 2.26. The molecular formula is C17H21N3. The van der Waals surface area contributed by atoms with E-state index in [0.717, 1.165) is 5.82 Å². The Balaban J connectivity index is 1.97. The quantitative estimate of drug-likeness (QED) is 0.846. The fourth-order valence-electron chi connectivity index (χ4n) is 3.03. The van der Waals surface area contributed by atoms with Crippen molar-refractivity contribution in [3.63, 3.8) is 0 Å². The molecule has 2 heterocycles. The second-order valence-corrected chi connectivity index (χ2v) is 5.45. The maximum Gasteiger partial charge on any atom is 0.137 e. The van der Waals surface area contributed by atoms with Crippen LogP contribution in [-0.2, 0) is 0 Å². The maximum absolute atomic E-state index is 4.63. The van der Waals surface area contributed by atoms with Gasteiger partial charge in [0.05, 0.1) is 0 Å². The number of rotatable bonds is 3. The average molecular weight is 267 g/mol. The van der Waals surface area contributed by atoms with Gasteiger partial charge in [-0.05, 0) is 44.6 Å². The van der Waals surface area contributed by atoms with E-state index < -0.39 is 0 Å². The number of hydrogen-bond acceptors (Lipinski definition) is 3. The van der Waals surface area contributed by atoms with Gasteiger partial charge < -0.3 is 4.90 Å². The summed E-state index contributed by atoms with van der Waals surface area (Å²) in [6.45, 7) is 1.17. The van der Waals surface area contributed by atoms with E-state index in [1.165, 1.54) is 30.6 Å². The van der Waals surface area contributed by atoms with E-state index >= 15 is 0 Å². The molecule has 0 spiro atoms. The summed E-state index contributed by atoms with van der Waals surface area (Å²) in [6.07, 6.45) is 4.37. The first-order chi connectivity index (χ1) is 9.77. The molecule has 0 N–H and O–H groups in total. The van der Waals surface area contributed by atoms with Gasteiger partial charge >= 0.3 is 0 Å². The van der Waals surface area contributed by atoms with Crippen molar-refractivity contribution in [1.82, 2.24) is 9.88 Å². The van der Waals surface area contributed by atoms with Gasteiger partial charge in [0.1, 0.15) is 5.82 Å². The predicted molar refractivity (Wildman–Crippen MR) is 83.3 cm³/mol. The Morgan fingerprint density at radius 1 is 1.15 bits per heavy atom. The molecule has 1 unspecified atom stereocenters. The van der Waals surface area contributed by atoms with E-state index in [2.05, 4.69) is 59.2 Å². The Bertz CT molecular complexity index is 567. The number of likely N-dealkylation sites (tertiary alicyclic amines) is 1. The van der Waals surface area contributed by atoms with Crippen LogP contribution in [0.25, 0.3) is 0 Å². The number of pyridine rings is 1. The molecule has 1 atom stereocenters. The largest absolute Gasteiger partial charge is 0.329 e. The summed E-state index contributed by atoms with van der Waals surface area (Å²) in [5.74, 6) is 1.07. The first-order valence-electron chi connectivity index (χ1n) is 7.21. The highest BCUT2D eigenvalue weighted by molar-refractivity contribution is 5.62. The molecule has 0 amide bonds. The lowest BCUT2D eigenvalue weighted by Crippen LogP contribution is -2.21.